The van der Waals surface area contributed by atoms with Crippen LogP contribution in [0.5, 0.6) is 0 Å². The van der Waals surface area contributed by atoms with Crippen LogP contribution in [0.2, 0.25) is 0 Å². The van der Waals surface area contributed by atoms with Crippen molar-refractivity contribution >= 4 is 15.9 Å². The van der Waals surface area contributed by atoms with Crippen molar-refractivity contribution in [3.63, 3.8) is 0 Å². The molecule has 0 saturated heterocycles. The van der Waals surface area contributed by atoms with Gasteiger partial charge in [-0.1, -0.05) is 6.07 Å². The molecule has 0 nitrogen and oxygen atoms in total. The number of rotatable bonds is 1. The third kappa shape index (κ3) is 1.63. The van der Waals surface area contributed by atoms with E-state index in [1.165, 1.54) is 6.07 Å². The number of halogens is 4. The lowest BCUT2D eigenvalue weighted by Crippen LogP contribution is -1.94. The van der Waals surface area contributed by atoms with E-state index in [0.29, 0.717) is 5.56 Å². The molecular weight excluding hydrogens is 233 g/mol. The molecule has 1 aromatic carbocycles. The van der Waals surface area contributed by atoms with Gasteiger partial charge in [0.15, 0.2) is 0 Å². The fourth-order valence-corrected chi connectivity index (χ4v) is 1.37. The fraction of sp³-hybridized carbons (Fsp3) is 0.250. The van der Waals surface area contributed by atoms with E-state index in [2.05, 4.69) is 15.9 Å². The number of alkyl halides is 2. The molecular formula is C8H6BrF3. The summed E-state index contributed by atoms with van der Waals surface area (Å²) in [7, 11) is 0. The Morgan fingerprint density at radius 1 is 1.33 bits per heavy atom. The molecule has 4 heteroatoms. The number of benzene rings is 1. The minimum Gasteiger partial charge on any atom is -0.206 e. The van der Waals surface area contributed by atoms with Crippen molar-refractivity contribution in [2.75, 3.05) is 0 Å². The fourth-order valence-electron chi connectivity index (χ4n) is 0.878. The second kappa shape index (κ2) is 3.47. The van der Waals surface area contributed by atoms with Crippen molar-refractivity contribution < 1.29 is 13.2 Å². The Bertz CT molecular complexity index is 297. The van der Waals surface area contributed by atoms with Gasteiger partial charge in [-0.25, -0.2) is 13.2 Å². The van der Waals surface area contributed by atoms with Crippen LogP contribution in [0.25, 0.3) is 0 Å². The molecule has 0 atom stereocenters. The second-order valence-corrected chi connectivity index (χ2v) is 3.19. The molecule has 0 aromatic heterocycles. The van der Waals surface area contributed by atoms with Crippen molar-refractivity contribution in [2.24, 2.45) is 0 Å². The second-order valence-electron chi connectivity index (χ2n) is 2.39. The average Bonchev–Trinajstić information content (AvgIpc) is 1.97. The summed E-state index contributed by atoms with van der Waals surface area (Å²) in [6, 6.07) is 2.49. The zero-order valence-corrected chi connectivity index (χ0v) is 7.83. The minimum absolute atomic E-state index is 0.150. The van der Waals surface area contributed by atoms with Crippen molar-refractivity contribution in [3.8, 4) is 0 Å². The number of hydrogen-bond acceptors (Lipinski definition) is 0. The summed E-state index contributed by atoms with van der Waals surface area (Å²) in [6.45, 7) is 1.63. The van der Waals surface area contributed by atoms with Gasteiger partial charge in [0.1, 0.15) is 5.82 Å². The van der Waals surface area contributed by atoms with E-state index in [0.717, 1.165) is 6.07 Å². The Morgan fingerprint density at radius 2 is 1.92 bits per heavy atom. The molecule has 12 heavy (non-hydrogen) atoms. The van der Waals surface area contributed by atoms with Crippen LogP contribution in [0.1, 0.15) is 17.6 Å². The predicted octanol–water partition coefficient (Wildman–Crippen LogP) is 3.83. The molecule has 0 unspecified atom stereocenters. The highest BCUT2D eigenvalue weighted by Crippen LogP contribution is 2.31. The Labute approximate surface area is 76.5 Å². The van der Waals surface area contributed by atoms with E-state index in [-0.39, 0.29) is 4.47 Å². The maximum absolute atomic E-state index is 12.8. The van der Waals surface area contributed by atoms with Gasteiger partial charge < -0.3 is 0 Å². The van der Waals surface area contributed by atoms with E-state index in [1.807, 2.05) is 0 Å². The maximum atomic E-state index is 12.8. The number of aryl methyl sites for hydroxylation is 1. The van der Waals surface area contributed by atoms with Crippen LogP contribution in [0, 0.1) is 12.7 Å². The van der Waals surface area contributed by atoms with Crippen LogP contribution in [-0.4, -0.2) is 0 Å². The molecule has 0 fully saturated rings. The highest BCUT2D eigenvalue weighted by molar-refractivity contribution is 9.10. The van der Waals surface area contributed by atoms with Gasteiger partial charge in [-0.2, -0.15) is 0 Å². The number of hydrogen-bond donors (Lipinski definition) is 0. The van der Waals surface area contributed by atoms with E-state index < -0.39 is 17.8 Å². The van der Waals surface area contributed by atoms with Gasteiger partial charge in [-0.05, 0) is 34.5 Å². The lowest BCUT2D eigenvalue weighted by molar-refractivity contribution is 0.145. The normalized spacial score (nSPS) is 10.8. The Kier molecular flexibility index (Phi) is 2.77. The summed E-state index contributed by atoms with van der Waals surface area (Å²) in [5.74, 6) is -0.873. The first-order valence-corrected chi connectivity index (χ1v) is 4.06. The van der Waals surface area contributed by atoms with Gasteiger partial charge in [0.25, 0.3) is 6.43 Å². The Morgan fingerprint density at radius 3 is 2.33 bits per heavy atom. The monoisotopic (exact) mass is 238 g/mol. The van der Waals surface area contributed by atoms with Crippen molar-refractivity contribution in [1.82, 2.24) is 0 Å². The molecule has 0 bridgehead atoms. The topological polar surface area (TPSA) is 0 Å². The zero-order chi connectivity index (χ0) is 9.30. The summed E-state index contributed by atoms with van der Waals surface area (Å²) in [5, 5.41) is 0. The van der Waals surface area contributed by atoms with Crippen LogP contribution >= 0.6 is 15.9 Å². The summed E-state index contributed by atoms with van der Waals surface area (Å²) in [4.78, 5) is 0. The Balaban J connectivity index is 3.33. The molecule has 0 aliphatic rings. The van der Waals surface area contributed by atoms with Crippen LogP contribution in [-0.2, 0) is 0 Å². The predicted molar refractivity (Wildman–Crippen MR) is 43.8 cm³/mol. The van der Waals surface area contributed by atoms with E-state index >= 15 is 0 Å². The van der Waals surface area contributed by atoms with Crippen LogP contribution in [0.3, 0.4) is 0 Å². The Hall–Kier alpha value is -0.510. The van der Waals surface area contributed by atoms with Gasteiger partial charge in [-0.3, -0.25) is 0 Å². The van der Waals surface area contributed by atoms with Crippen LogP contribution in [0.4, 0.5) is 13.2 Å². The lowest BCUT2D eigenvalue weighted by Gasteiger charge is -2.06. The molecule has 0 saturated carbocycles. The smallest absolute Gasteiger partial charge is 0.206 e. The van der Waals surface area contributed by atoms with Crippen molar-refractivity contribution in [3.05, 3.63) is 33.5 Å². The molecule has 0 spiro atoms. The largest absolute Gasteiger partial charge is 0.267 e. The summed E-state index contributed by atoms with van der Waals surface area (Å²) in [6.07, 6.45) is -2.78. The third-order valence-corrected chi connectivity index (χ3v) is 2.59. The van der Waals surface area contributed by atoms with Crippen molar-refractivity contribution in [1.29, 1.82) is 0 Å². The maximum Gasteiger partial charge on any atom is 0.267 e. The van der Waals surface area contributed by atoms with Crippen LogP contribution < -0.4 is 0 Å². The highest BCUT2D eigenvalue weighted by atomic mass is 79.9. The van der Waals surface area contributed by atoms with E-state index in [4.69, 9.17) is 0 Å². The molecule has 0 heterocycles. The highest BCUT2D eigenvalue weighted by Gasteiger charge is 2.17. The van der Waals surface area contributed by atoms with Gasteiger partial charge in [0.05, 0.1) is 5.56 Å². The molecule has 1 rings (SSSR count). The zero-order valence-electron chi connectivity index (χ0n) is 6.24. The van der Waals surface area contributed by atoms with Crippen LogP contribution in [0.15, 0.2) is 16.6 Å². The summed E-state index contributed by atoms with van der Waals surface area (Å²) in [5.41, 5.74) is 0.0432. The molecule has 66 valence electrons. The first-order valence-electron chi connectivity index (χ1n) is 3.26. The third-order valence-electron chi connectivity index (χ3n) is 1.54. The van der Waals surface area contributed by atoms with Crippen molar-refractivity contribution in [2.45, 2.75) is 13.3 Å². The molecule has 0 aliphatic heterocycles. The van der Waals surface area contributed by atoms with E-state index in [9.17, 15) is 13.2 Å². The molecule has 0 radical (unpaired) electrons. The molecule has 1 aromatic rings. The van der Waals surface area contributed by atoms with Gasteiger partial charge in [-0.15, -0.1) is 0 Å². The molecule has 0 amide bonds. The summed E-state index contributed by atoms with van der Waals surface area (Å²) >= 11 is 2.91. The van der Waals surface area contributed by atoms with Gasteiger partial charge in [0.2, 0.25) is 0 Å². The quantitative estimate of drug-likeness (QED) is 0.698. The SMILES string of the molecule is Cc1ccc(F)c(C(F)F)c1Br. The van der Waals surface area contributed by atoms with E-state index in [1.54, 1.807) is 6.92 Å². The summed E-state index contributed by atoms with van der Waals surface area (Å²) < 4.78 is 37.3. The lowest BCUT2D eigenvalue weighted by atomic mass is 10.1. The van der Waals surface area contributed by atoms with Gasteiger partial charge >= 0.3 is 0 Å². The first-order chi connectivity index (χ1) is 5.54. The minimum atomic E-state index is -2.78. The average molecular weight is 239 g/mol. The van der Waals surface area contributed by atoms with Gasteiger partial charge in [0, 0.05) is 4.47 Å². The standard InChI is InChI=1S/C8H6BrF3/c1-4-2-3-5(10)6(7(4)9)8(11)12/h2-3,8H,1H3. The molecule has 0 aliphatic carbocycles. The molecule has 0 N–H and O–H groups in total. The first kappa shape index (κ1) is 9.58.